The van der Waals surface area contributed by atoms with Gasteiger partial charge in [0.05, 0.1) is 0 Å². The molecular formula is C28H27NO2. The van der Waals surface area contributed by atoms with E-state index in [-0.39, 0.29) is 11.5 Å². The van der Waals surface area contributed by atoms with Gasteiger partial charge in [-0.3, -0.25) is 0 Å². The molecule has 0 spiro atoms. The second-order valence-electron chi connectivity index (χ2n) is 8.03. The summed E-state index contributed by atoms with van der Waals surface area (Å²) in [4.78, 5) is 2.26. The molecule has 0 amide bonds. The summed E-state index contributed by atoms with van der Waals surface area (Å²) in [6.07, 6.45) is 1.58. The predicted molar refractivity (Wildman–Crippen MR) is 128 cm³/mol. The Bertz CT molecular complexity index is 1080. The molecule has 0 aliphatic rings. The number of aromatic hydroxyl groups is 2. The van der Waals surface area contributed by atoms with Gasteiger partial charge in [0, 0.05) is 23.1 Å². The number of phenols is 2. The van der Waals surface area contributed by atoms with Crippen molar-refractivity contribution in [2.45, 2.75) is 26.7 Å². The lowest BCUT2D eigenvalue weighted by molar-refractivity contribution is 0.449. The minimum absolute atomic E-state index is 0.0946. The Labute approximate surface area is 183 Å². The fourth-order valence-corrected chi connectivity index (χ4v) is 3.74. The molecule has 0 aliphatic carbocycles. The van der Waals surface area contributed by atoms with E-state index in [1.165, 1.54) is 22.8 Å². The average molecular weight is 410 g/mol. The Morgan fingerprint density at radius 2 is 0.903 bits per heavy atom. The van der Waals surface area contributed by atoms with E-state index < -0.39 is 0 Å². The molecule has 31 heavy (non-hydrogen) atoms. The number of aryl methyl sites for hydroxylation is 4. The van der Waals surface area contributed by atoms with E-state index in [2.05, 4.69) is 91.5 Å². The molecule has 0 saturated heterocycles. The highest BCUT2D eigenvalue weighted by Crippen LogP contribution is 2.35. The van der Waals surface area contributed by atoms with Gasteiger partial charge in [-0.15, -0.1) is 0 Å². The summed E-state index contributed by atoms with van der Waals surface area (Å²) >= 11 is 0. The minimum Gasteiger partial charge on any atom is -0.508 e. The number of benzene rings is 4. The van der Waals surface area contributed by atoms with Gasteiger partial charge in [-0.25, -0.2) is 0 Å². The van der Waals surface area contributed by atoms with Crippen LogP contribution in [0.2, 0.25) is 0 Å². The van der Waals surface area contributed by atoms with Crippen molar-refractivity contribution in [1.82, 2.24) is 0 Å². The van der Waals surface area contributed by atoms with Crippen LogP contribution in [0.25, 0.3) is 0 Å². The zero-order valence-electron chi connectivity index (χ0n) is 17.9. The molecule has 0 bridgehead atoms. The second kappa shape index (κ2) is 8.97. The van der Waals surface area contributed by atoms with Crippen molar-refractivity contribution in [2.24, 2.45) is 0 Å². The molecule has 3 heteroatoms. The second-order valence-corrected chi connectivity index (χ2v) is 8.03. The number of nitrogens with zero attached hydrogens (tertiary/aromatic N) is 1. The van der Waals surface area contributed by atoms with Crippen molar-refractivity contribution in [1.29, 1.82) is 0 Å². The van der Waals surface area contributed by atoms with E-state index in [1.54, 1.807) is 12.1 Å². The molecule has 0 heterocycles. The maximum absolute atomic E-state index is 9.67. The summed E-state index contributed by atoms with van der Waals surface area (Å²) in [6.45, 7) is 4.20. The number of anilines is 3. The Hall–Kier alpha value is -3.72. The summed E-state index contributed by atoms with van der Waals surface area (Å²) in [5.74, 6) is 0.189. The lowest BCUT2D eigenvalue weighted by Crippen LogP contribution is -2.10. The zero-order chi connectivity index (χ0) is 21.8. The van der Waals surface area contributed by atoms with Crippen molar-refractivity contribution in [3.05, 3.63) is 113 Å². The monoisotopic (exact) mass is 409 g/mol. The Kier molecular flexibility index (Phi) is 5.94. The highest BCUT2D eigenvalue weighted by Gasteiger charge is 2.12. The number of hydrogen-bond donors (Lipinski definition) is 2. The SMILES string of the molecule is Cc1ccc(N(c2ccc(C)cc2)c2ccc(CCc3cc(O)cc(O)c3)cc2)cc1. The van der Waals surface area contributed by atoms with Crippen molar-refractivity contribution < 1.29 is 10.2 Å². The van der Waals surface area contributed by atoms with E-state index in [0.29, 0.717) is 0 Å². The summed E-state index contributed by atoms with van der Waals surface area (Å²) in [7, 11) is 0. The third kappa shape index (κ3) is 5.07. The van der Waals surface area contributed by atoms with E-state index in [0.717, 1.165) is 35.5 Å². The molecular weight excluding hydrogens is 382 g/mol. The maximum atomic E-state index is 9.67. The third-order valence-corrected chi connectivity index (χ3v) is 5.44. The minimum atomic E-state index is 0.0946. The zero-order valence-corrected chi connectivity index (χ0v) is 17.9. The van der Waals surface area contributed by atoms with E-state index in [1.807, 2.05) is 0 Å². The molecule has 0 aromatic heterocycles. The first-order valence-electron chi connectivity index (χ1n) is 10.5. The Morgan fingerprint density at radius 3 is 1.35 bits per heavy atom. The largest absolute Gasteiger partial charge is 0.508 e. The van der Waals surface area contributed by atoms with Crippen molar-refractivity contribution in [2.75, 3.05) is 4.90 Å². The maximum Gasteiger partial charge on any atom is 0.119 e. The quantitative estimate of drug-likeness (QED) is 0.361. The Morgan fingerprint density at radius 1 is 0.516 bits per heavy atom. The van der Waals surface area contributed by atoms with E-state index >= 15 is 0 Å². The fourth-order valence-electron chi connectivity index (χ4n) is 3.74. The summed E-state index contributed by atoms with van der Waals surface area (Å²) < 4.78 is 0. The van der Waals surface area contributed by atoms with Gasteiger partial charge in [-0.1, -0.05) is 47.5 Å². The molecule has 3 nitrogen and oxygen atoms in total. The first-order chi connectivity index (χ1) is 15.0. The fraction of sp³-hybridized carbons (Fsp3) is 0.143. The predicted octanol–water partition coefficient (Wildman–Crippen LogP) is 6.97. The number of rotatable bonds is 6. The average Bonchev–Trinajstić information content (AvgIpc) is 2.75. The van der Waals surface area contributed by atoms with Crippen molar-refractivity contribution in [3.8, 4) is 11.5 Å². The molecule has 0 atom stereocenters. The van der Waals surface area contributed by atoms with Crippen LogP contribution in [0.15, 0.2) is 91.0 Å². The van der Waals surface area contributed by atoms with Crippen molar-refractivity contribution >= 4 is 17.1 Å². The molecule has 0 saturated carbocycles. The Balaban J connectivity index is 1.58. The standard InChI is InChI=1S/C28H27NO2/c1-20-3-11-24(12-4-20)29(25-13-5-21(2)6-14-25)26-15-9-22(10-16-26)7-8-23-17-27(30)19-28(31)18-23/h3-6,9-19,30-31H,7-8H2,1-2H3. The van der Waals surface area contributed by atoms with Crippen LogP contribution in [-0.2, 0) is 12.8 Å². The topological polar surface area (TPSA) is 43.7 Å². The van der Waals surface area contributed by atoms with Crippen LogP contribution < -0.4 is 4.90 Å². The highest BCUT2D eigenvalue weighted by molar-refractivity contribution is 5.76. The van der Waals surface area contributed by atoms with Crippen LogP contribution in [-0.4, -0.2) is 10.2 Å². The number of hydrogen-bond acceptors (Lipinski definition) is 3. The van der Waals surface area contributed by atoms with E-state index in [4.69, 9.17) is 0 Å². The molecule has 0 aliphatic heterocycles. The van der Waals surface area contributed by atoms with Crippen LogP contribution >= 0.6 is 0 Å². The normalized spacial score (nSPS) is 10.8. The van der Waals surface area contributed by atoms with Crippen LogP contribution in [0, 0.1) is 13.8 Å². The van der Waals surface area contributed by atoms with Crippen LogP contribution in [0.1, 0.15) is 22.3 Å². The molecule has 0 unspecified atom stereocenters. The first-order valence-corrected chi connectivity index (χ1v) is 10.5. The van der Waals surface area contributed by atoms with Gasteiger partial charge in [-0.2, -0.15) is 0 Å². The molecule has 0 radical (unpaired) electrons. The molecule has 0 fully saturated rings. The van der Waals surface area contributed by atoms with Gasteiger partial charge in [0.1, 0.15) is 11.5 Å². The molecule has 4 rings (SSSR count). The molecule has 4 aromatic rings. The lowest BCUT2D eigenvalue weighted by Gasteiger charge is -2.26. The molecule has 2 N–H and O–H groups in total. The number of phenolic OH excluding ortho intramolecular Hbond substituents is 2. The van der Waals surface area contributed by atoms with Gasteiger partial charge in [0.25, 0.3) is 0 Å². The van der Waals surface area contributed by atoms with Gasteiger partial charge in [-0.05, 0) is 86.3 Å². The van der Waals surface area contributed by atoms with Crippen LogP contribution in [0.5, 0.6) is 11.5 Å². The van der Waals surface area contributed by atoms with E-state index in [9.17, 15) is 10.2 Å². The lowest BCUT2D eigenvalue weighted by atomic mass is 10.0. The van der Waals surface area contributed by atoms with Gasteiger partial charge in [0.2, 0.25) is 0 Å². The van der Waals surface area contributed by atoms with Crippen LogP contribution in [0.3, 0.4) is 0 Å². The van der Waals surface area contributed by atoms with Crippen LogP contribution in [0.4, 0.5) is 17.1 Å². The highest BCUT2D eigenvalue weighted by atomic mass is 16.3. The van der Waals surface area contributed by atoms with Gasteiger partial charge in [0.15, 0.2) is 0 Å². The summed E-state index contributed by atoms with van der Waals surface area (Å²) in [5, 5.41) is 19.3. The van der Waals surface area contributed by atoms with Crippen molar-refractivity contribution in [3.63, 3.8) is 0 Å². The van der Waals surface area contributed by atoms with Gasteiger partial charge >= 0.3 is 0 Å². The summed E-state index contributed by atoms with van der Waals surface area (Å²) in [6, 6.07) is 30.5. The van der Waals surface area contributed by atoms with Gasteiger partial charge < -0.3 is 15.1 Å². The first kappa shape index (κ1) is 20.5. The molecule has 4 aromatic carbocycles. The third-order valence-electron chi connectivity index (χ3n) is 5.44. The molecule has 156 valence electrons. The smallest absolute Gasteiger partial charge is 0.119 e. The summed E-state index contributed by atoms with van der Waals surface area (Å²) in [5.41, 5.74) is 7.95.